The Morgan fingerprint density at radius 3 is 2.26 bits per heavy atom. The molecule has 0 fully saturated rings. The second-order valence-electron chi connectivity index (χ2n) is 7.18. The third-order valence-corrected chi connectivity index (χ3v) is 4.95. The minimum atomic E-state index is -0.796. The maximum Gasteiger partial charge on any atom is 0.294 e. The summed E-state index contributed by atoms with van der Waals surface area (Å²) in [6.07, 6.45) is 0. The number of Topliss-reactive ketones (excluding diaryl/α,β-unsaturated/α-hetero) is 1. The topological polar surface area (TPSA) is 57.6 Å². The van der Waals surface area contributed by atoms with Crippen molar-refractivity contribution < 1.29 is 19.1 Å². The Morgan fingerprint density at radius 1 is 1.07 bits per heavy atom. The Balaban J connectivity index is 2.20. The SMILES string of the molecule is Cc1ccc(N2C(=O)C(O)=C(C(=O)C(C)C)C2c2ccc(F)cc2)cc1C. The number of hydrogen-bond acceptors (Lipinski definition) is 3. The van der Waals surface area contributed by atoms with Gasteiger partial charge in [-0.25, -0.2) is 4.39 Å². The van der Waals surface area contributed by atoms with Crippen LogP contribution in [-0.2, 0) is 9.59 Å². The normalized spacial score (nSPS) is 17.2. The zero-order valence-corrected chi connectivity index (χ0v) is 15.8. The zero-order chi connectivity index (χ0) is 19.9. The van der Waals surface area contributed by atoms with Gasteiger partial charge in [0, 0.05) is 11.6 Å². The Morgan fingerprint density at radius 2 is 1.70 bits per heavy atom. The van der Waals surface area contributed by atoms with Crippen LogP contribution in [0.1, 0.15) is 36.6 Å². The number of halogens is 1. The van der Waals surface area contributed by atoms with Gasteiger partial charge in [-0.15, -0.1) is 0 Å². The van der Waals surface area contributed by atoms with E-state index in [2.05, 4.69) is 0 Å². The number of amides is 1. The number of aliphatic hydroxyl groups excluding tert-OH is 1. The highest BCUT2D eigenvalue weighted by atomic mass is 19.1. The third-order valence-electron chi connectivity index (χ3n) is 4.95. The first kappa shape index (κ1) is 18.8. The fourth-order valence-corrected chi connectivity index (χ4v) is 3.27. The molecule has 1 unspecified atom stereocenters. The fourth-order valence-electron chi connectivity index (χ4n) is 3.27. The van der Waals surface area contributed by atoms with Crippen LogP contribution in [0.2, 0.25) is 0 Å². The molecule has 5 heteroatoms. The highest BCUT2D eigenvalue weighted by Gasteiger charge is 2.44. The Bertz CT molecular complexity index is 945. The summed E-state index contributed by atoms with van der Waals surface area (Å²) in [7, 11) is 0. The standard InChI is InChI=1S/C22H22FNO3/c1-12(2)20(25)18-19(15-6-8-16(23)9-7-15)24(22(27)21(18)26)17-10-5-13(3)14(4)11-17/h5-12,19,26H,1-4H3. The van der Waals surface area contributed by atoms with Crippen molar-refractivity contribution in [3.8, 4) is 0 Å². The monoisotopic (exact) mass is 367 g/mol. The van der Waals surface area contributed by atoms with Crippen molar-refractivity contribution in [1.82, 2.24) is 0 Å². The summed E-state index contributed by atoms with van der Waals surface area (Å²) in [4.78, 5) is 27.1. The van der Waals surface area contributed by atoms with E-state index in [-0.39, 0.29) is 11.4 Å². The molecule has 0 saturated carbocycles. The maximum absolute atomic E-state index is 13.4. The van der Waals surface area contributed by atoms with Crippen LogP contribution in [0.4, 0.5) is 10.1 Å². The van der Waals surface area contributed by atoms with E-state index in [9.17, 15) is 19.1 Å². The molecule has 0 aromatic heterocycles. The highest BCUT2D eigenvalue weighted by Crippen LogP contribution is 2.42. The van der Waals surface area contributed by atoms with Crippen LogP contribution in [0.5, 0.6) is 0 Å². The van der Waals surface area contributed by atoms with Gasteiger partial charge in [0.25, 0.3) is 5.91 Å². The average Bonchev–Trinajstić information content (AvgIpc) is 2.89. The van der Waals surface area contributed by atoms with Gasteiger partial charge in [0.15, 0.2) is 11.5 Å². The summed E-state index contributed by atoms with van der Waals surface area (Å²) in [5, 5.41) is 10.5. The summed E-state index contributed by atoms with van der Waals surface area (Å²) >= 11 is 0. The molecule has 27 heavy (non-hydrogen) atoms. The summed E-state index contributed by atoms with van der Waals surface area (Å²) in [5.41, 5.74) is 3.26. The smallest absolute Gasteiger partial charge is 0.294 e. The van der Waals surface area contributed by atoms with Gasteiger partial charge < -0.3 is 5.11 Å². The molecule has 0 radical (unpaired) electrons. The first-order valence-corrected chi connectivity index (χ1v) is 8.86. The minimum absolute atomic E-state index is 0.0554. The first-order valence-electron chi connectivity index (χ1n) is 8.86. The molecule has 140 valence electrons. The highest BCUT2D eigenvalue weighted by molar-refractivity contribution is 6.16. The molecule has 2 aromatic rings. The van der Waals surface area contributed by atoms with Crippen molar-refractivity contribution in [2.24, 2.45) is 5.92 Å². The number of nitrogens with zero attached hydrogens (tertiary/aromatic N) is 1. The lowest BCUT2D eigenvalue weighted by Crippen LogP contribution is -2.31. The molecular weight excluding hydrogens is 345 g/mol. The second kappa shape index (κ2) is 6.99. The predicted octanol–water partition coefficient (Wildman–Crippen LogP) is 4.57. The van der Waals surface area contributed by atoms with Gasteiger partial charge >= 0.3 is 0 Å². The second-order valence-corrected chi connectivity index (χ2v) is 7.18. The predicted molar refractivity (Wildman–Crippen MR) is 102 cm³/mol. The van der Waals surface area contributed by atoms with Gasteiger partial charge in [-0.3, -0.25) is 14.5 Å². The molecule has 1 atom stereocenters. The maximum atomic E-state index is 13.4. The van der Waals surface area contributed by atoms with Crippen LogP contribution in [-0.4, -0.2) is 16.8 Å². The quantitative estimate of drug-likeness (QED) is 0.861. The van der Waals surface area contributed by atoms with Crippen LogP contribution >= 0.6 is 0 Å². The molecule has 0 aliphatic carbocycles. The number of carbonyl (C=O) groups excluding carboxylic acids is 2. The number of hydrogen-bond donors (Lipinski definition) is 1. The molecule has 1 amide bonds. The summed E-state index contributed by atoms with van der Waals surface area (Å²) < 4.78 is 13.4. The number of rotatable bonds is 4. The molecule has 2 aromatic carbocycles. The molecule has 1 heterocycles. The van der Waals surface area contributed by atoms with E-state index in [4.69, 9.17) is 0 Å². The zero-order valence-electron chi connectivity index (χ0n) is 15.8. The molecule has 0 spiro atoms. The molecule has 1 N–H and O–H groups in total. The van der Waals surface area contributed by atoms with E-state index in [1.54, 1.807) is 19.9 Å². The van der Waals surface area contributed by atoms with Crippen LogP contribution < -0.4 is 4.90 Å². The lowest BCUT2D eigenvalue weighted by Gasteiger charge is -2.28. The fraction of sp³-hybridized carbons (Fsp3) is 0.273. The number of carbonyl (C=O) groups is 2. The van der Waals surface area contributed by atoms with E-state index >= 15 is 0 Å². The Hall–Kier alpha value is -2.95. The van der Waals surface area contributed by atoms with Gasteiger partial charge in [-0.05, 0) is 54.8 Å². The van der Waals surface area contributed by atoms with E-state index in [1.807, 2.05) is 26.0 Å². The van der Waals surface area contributed by atoms with Crippen molar-refractivity contribution in [2.75, 3.05) is 4.90 Å². The van der Waals surface area contributed by atoms with Gasteiger partial charge in [0.1, 0.15) is 5.82 Å². The number of anilines is 1. The van der Waals surface area contributed by atoms with Crippen molar-refractivity contribution in [2.45, 2.75) is 33.7 Å². The third kappa shape index (κ3) is 3.25. The van der Waals surface area contributed by atoms with Gasteiger partial charge in [-0.1, -0.05) is 32.0 Å². The number of aliphatic hydroxyl groups is 1. The summed E-state index contributed by atoms with van der Waals surface area (Å²) in [6.45, 7) is 7.33. The van der Waals surface area contributed by atoms with Crippen molar-refractivity contribution in [3.63, 3.8) is 0 Å². The number of ketones is 1. The van der Waals surface area contributed by atoms with E-state index in [1.165, 1.54) is 29.2 Å². The van der Waals surface area contributed by atoms with Crippen LogP contribution in [0.15, 0.2) is 53.8 Å². The molecular formula is C22H22FNO3. The van der Waals surface area contributed by atoms with Crippen LogP contribution in [0.3, 0.4) is 0 Å². The lowest BCUT2D eigenvalue weighted by atomic mass is 9.91. The van der Waals surface area contributed by atoms with Gasteiger partial charge in [-0.2, -0.15) is 0 Å². The first-order chi connectivity index (χ1) is 12.7. The Kier molecular flexibility index (Phi) is 4.87. The minimum Gasteiger partial charge on any atom is -0.503 e. The van der Waals surface area contributed by atoms with Crippen molar-refractivity contribution >= 4 is 17.4 Å². The molecule has 4 nitrogen and oxygen atoms in total. The van der Waals surface area contributed by atoms with Crippen LogP contribution in [0.25, 0.3) is 0 Å². The average molecular weight is 367 g/mol. The Labute approximate surface area is 157 Å². The van der Waals surface area contributed by atoms with Crippen molar-refractivity contribution in [1.29, 1.82) is 0 Å². The number of aryl methyl sites for hydroxylation is 2. The molecule has 1 aliphatic heterocycles. The van der Waals surface area contributed by atoms with E-state index < -0.39 is 29.4 Å². The van der Waals surface area contributed by atoms with Crippen molar-refractivity contribution in [3.05, 3.63) is 76.3 Å². The van der Waals surface area contributed by atoms with E-state index in [0.717, 1.165) is 11.1 Å². The largest absolute Gasteiger partial charge is 0.503 e. The van der Waals surface area contributed by atoms with E-state index in [0.29, 0.717) is 11.3 Å². The summed E-state index contributed by atoms with van der Waals surface area (Å²) in [5.74, 6) is -2.28. The number of benzene rings is 2. The molecule has 0 bridgehead atoms. The molecule has 3 rings (SSSR count). The lowest BCUT2D eigenvalue weighted by molar-refractivity contribution is -0.119. The summed E-state index contributed by atoms with van der Waals surface area (Å²) in [6, 6.07) is 10.4. The molecule has 1 aliphatic rings. The molecule has 0 saturated heterocycles. The van der Waals surface area contributed by atoms with Crippen LogP contribution in [0, 0.1) is 25.6 Å². The van der Waals surface area contributed by atoms with Gasteiger partial charge in [0.2, 0.25) is 0 Å². The van der Waals surface area contributed by atoms with Gasteiger partial charge in [0.05, 0.1) is 11.6 Å².